The zero-order valence-electron chi connectivity index (χ0n) is 40.5. The predicted octanol–water partition coefficient (Wildman–Crippen LogP) is 16.8. The fourth-order valence-electron chi connectivity index (χ4n) is 7.94. The van der Waals surface area contributed by atoms with Crippen LogP contribution in [0.1, 0.15) is 286 Å². The maximum Gasteiger partial charge on any atom is 0.306 e. The topological polar surface area (TPSA) is 78.9 Å². The van der Waals surface area contributed by atoms with Crippen molar-refractivity contribution >= 4 is 17.9 Å². The van der Waals surface area contributed by atoms with E-state index in [-0.39, 0.29) is 31.1 Å². The van der Waals surface area contributed by atoms with E-state index in [1.165, 1.54) is 167 Å². The summed E-state index contributed by atoms with van der Waals surface area (Å²) in [6.07, 6.45) is 44.1. The molecular formula is C53H102O6. The average Bonchev–Trinajstić information content (AvgIpc) is 3.19. The molecule has 0 aromatic rings. The number of esters is 3. The number of unbranched alkanes of at least 4 members (excludes halogenated alkanes) is 29. The third kappa shape index (κ3) is 47.3. The second kappa shape index (κ2) is 44.5. The van der Waals surface area contributed by atoms with Gasteiger partial charge in [-0.2, -0.15) is 0 Å². The Hall–Kier alpha value is -1.59. The minimum atomic E-state index is -0.763. The van der Waals surface area contributed by atoms with Crippen molar-refractivity contribution in [3.8, 4) is 0 Å². The van der Waals surface area contributed by atoms with Crippen molar-refractivity contribution in [3.05, 3.63) is 0 Å². The molecule has 0 spiro atoms. The zero-order valence-corrected chi connectivity index (χ0v) is 40.5. The summed E-state index contributed by atoms with van der Waals surface area (Å²) in [7, 11) is 0. The summed E-state index contributed by atoms with van der Waals surface area (Å²) in [4.78, 5) is 37.8. The zero-order chi connectivity index (χ0) is 43.4. The molecule has 0 aliphatic rings. The van der Waals surface area contributed by atoms with Gasteiger partial charge in [-0.05, 0) is 37.0 Å². The first-order chi connectivity index (χ1) is 28.6. The Morgan fingerprint density at radius 3 is 0.729 bits per heavy atom. The molecule has 0 unspecified atom stereocenters. The van der Waals surface area contributed by atoms with E-state index in [2.05, 4.69) is 41.5 Å². The van der Waals surface area contributed by atoms with Crippen LogP contribution in [0.3, 0.4) is 0 Å². The Morgan fingerprint density at radius 2 is 0.492 bits per heavy atom. The van der Waals surface area contributed by atoms with E-state index in [0.29, 0.717) is 19.3 Å². The second-order valence-corrected chi connectivity index (χ2v) is 19.6. The highest BCUT2D eigenvalue weighted by Gasteiger charge is 2.19. The van der Waals surface area contributed by atoms with Crippen LogP contribution in [0.5, 0.6) is 0 Å². The van der Waals surface area contributed by atoms with Crippen molar-refractivity contribution in [1.29, 1.82) is 0 Å². The minimum Gasteiger partial charge on any atom is -0.462 e. The smallest absolute Gasteiger partial charge is 0.306 e. The Balaban J connectivity index is 4.17. The molecule has 0 heterocycles. The molecule has 0 radical (unpaired) electrons. The SMILES string of the molecule is CC(C)CCCCCCCCCCCCCCCCCCCCC(=O)OC[C@H](COC(=O)CCCCCCCCC(C)C)OC(=O)CCCCCCCCCCC(C)C. The molecule has 1 atom stereocenters. The lowest BCUT2D eigenvalue weighted by Gasteiger charge is -2.18. The molecule has 6 nitrogen and oxygen atoms in total. The molecule has 0 aliphatic heterocycles. The van der Waals surface area contributed by atoms with Crippen molar-refractivity contribution in [2.24, 2.45) is 17.8 Å². The number of carbonyl (C=O) groups excluding carboxylic acids is 3. The summed E-state index contributed by atoms with van der Waals surface area (Å²) in [5.41, 5.74) is 0. The first kappa shape index (κ1) is 57.4. The van der Waals surface area contributed by atoms with Gasteiger partial charge in [-0.25, -0.2) is 0 Å². The van der Waals surface area contributed by atoms with Crippen LogP contribution in [0.2, 0.25) is 0 Å². The summed E-state index contributed by atoms with van der Waals surface area (Å²) in [5.74, 6) is 1.56. The van der Waals surface area contributed by atoms with E-state index < -0.39 is 6.10 Å². The summed E-state index contributed by atoms with van der Waals surface area (Å²) in [5, 5.41) is 0. The molecule has 0 bridgehead atoms. The minimum absolute atomic E-state index is 0.0658. The van der Waals surface area contributed by atoms with E-state index in [9.17, 15) is 14.4 Å². The third-order valence-electron chi connectivity index (χ3n) is 11.9. The van der Waals surface area contributed by atoms with E-state index in [0.717, 1.165) is 75.5 Å². The summed E-state index contributed by atoms with van der Waals surface area (Å²) in [6.45, 7) is 13.6. The largest absolute Gasteiger partial charge is 0.462 e. The van der Waals surface area contributed by atoms with Crippen LogP contribution >= 0.6 is 0 Å². The first-order valence-corrected chi connectivity index (χ1v) is 26.1. The molecule has 0 aromatic carbocycles. The van der Waals surface area contributed by atoms with E-state index >= 15 is 0 Å². The van der Waals surface area contributed by atoms with Crippen molar-refractivity contribution in [3.63, 3.8) is 0 Å². The highest BCUT2D eigenvalue weighted by Crippen LogP contribution is 2.18. The normalized spacial score (nSPS) is 12.2. The van der Waals surface area contributed by atoms with Gasteiger partial charge in [0, 0.05) is 19.3 Å². The van der Waals surface area contributed by atoms with Gasteiger partial charge in [-0.15, -0.1) is 0 Å². The van der Waals surface area contributed by atoms with Crippen LogP contribution in [-0.4, -0.2) is 37.2 Å². The van der Waals surface area contributed by atoms with Crippen molar-refractivity contribution < 1.29 is 28.6 Å². The predicted molar refractivity (Wildman–Crippen MR) is 252 cm³/mol. The molecule has 0 rings (SSSR count). The van der Waals surface area contributed by atoms with Gasteiger partial charge >= 0.3 is 17.9 Å². The summed E-state index contributed by atoms with van der Waals surface area (Å²) < 4.78 is 16.8. The Kier molecular flexibility index (Phi) is 43.3. The van der Waals surface area contributed by atoms with Crippen LogP contribution in [-0.2, 0) is 28.6 Å². The molecule has 0 aromatic heterocycles. The van der Waals surface area contributed by atoms with Gasteiger partial charge in [-0.1, -0.05) is 247 Å². The summed E-state index contributed by atoms with van der Waals surface area (Å²) >= 11 is 0. The number of carbonyl (C=O) groups is 3. The van der Waals surface area contributed by atoms with E-state index in [1.54, 1.807) is 0 Å². The van der Waals surface area contributed by atoms with Crippen LogP contribution in [0, 0.1) is 17.8 Å². The molecule has 350 valence electrons. The van der Waals surface area contributed by atoms with Gasteiger partial charge in [-0.3, -0.25) is 14.4 Å². The molecule has 59 heavy (non-hydrogen) atoms. The Labute approximate surface area is 368 Å². The first-order valence-electron chi connectivity index (χ1n) is 26.1. The van der Waals surface area contributed by atoms with Gasteiger partial charge in [0.25, 0.3) is 0 Å². The Bertz CT molecular complexity index is 914. The van der Waals surface area contributed by atoms with Gasteiger partial charge < -0.3 is 14.2 Å². The van der Waals surface area contributed by atoms with Crippen molar-refractivity contribution in [2.75, 3.05) is 13.2 Å². The highest BCUT2D eigenvalue weighted by molar-refractivity contribution is 5.71. The number of rotatable bonds is 46. The summed E-state index contributed by atoms with van der Waals surface area (Å²) in [6, 6.07) is 0. The molecule has 0 N–H and O–H groups in total. The molecular weight excluding hydrogens is 733 g/mol. The monoisotopic (exact) mass is 835 g/mol. The lowest BCUT2D eigenvalue weighted by molar-refractivity contribution is -0.167. The van der Waals surface area contributed by atoms with E-state index in [1.807, 2.05) is 0 Å². The van der Waals surface area contributed by atoms with Crippen LogP contribution in [0.25, 0.3) is 0 Å². The second-order valence-electron chi connectivity index (χ2n) is 19.6. The van der Waals surface area contributed by atoms with Crippen LogP contribution in [0.4, 0.5) is 0 Å². The molecule has 6 heteroatoms. The maximum absolute atomic E-state index is 12.7. The van der Waals surface area contributed by atoms with E-state index in [4.69, 9.17) is 14.2 Å². The average molecular weight is 835 g/mol. The lowest BCUT2D eigenvalue weighted by atomic mass is 10.0. The highest BCUT2D eigenvalue weighted by atomic mass is 16.6. The lowest BCUT2D eigenvalue weighted by Crippen LogP contribution is -2.30. The van der Waals surface area contributed by atoms with Crippen LogP contribution < -0.4 is 0 Å². The molecule has 0 amide bonds. The van der Waals surface area contributed by atoms with Gasteiger partial charge in [0.15, 0.2) is 6.10 Å². The van der Waals surface area contributed by atoms with Gasteiger partial charge in [0.05, 0.1) is 0 Å². The molecule has 0 aliphatic carbocycles. The fraction of sp³-hybridized carbons (Fsp3) is 0.943. The maximum atomic E-state index is 12.7. The molecule has 0 saturated carbocycles. The Morgan fingerprint density at radius 1 is 0.288 bits per heavy atom. The molecule has 0 saturated heterocycles. The standard InChI is InChI=1S/C53H102O6/c1-47(2)39-33-27-21-17-15-13-11-9-7-8-10-12-14-16-18-23-30-36-42-51(54)57-45-50(46-58-52(55)43-37-31-26-25-29-35-41-49(5)6)59-53(56)44-38-32-24-20-19-22-28-34-40-48(3)4/h47-50H,7-46H2,1-6H3/t50-/m1/s1. The number of ether oxygens (including phenoxy) is 3. The molecule has 0 fully saturated rings. The van der Waals surface area contributed by atoms with Crippen LogP contribution in [0.15, 0.2) is 0 Å². The van der Waals surface area contributed by atoms with Gasteiger partial charge in [0.2, 0.25) is 0 Å². The number of hydrogen-bond donors (Lipinski definition) is 0. The van der Waals surface area contributed by atoms with Crippen molar-refractivity contribution in [2.45, 2.75) is 292 Å². The van der Waals surface area contributed by atoms with Gasteiger partial charge in [0.1, 0.15) is 13.2 Å². The fourth-order valence-corrected chi connectivity index (χ4v) is 7.94. The number of hydrogen-bond acceptors (Lipinski definition) is 6. The van der Waals surface area contributed by atoms with Crippen molar-refractivity contribution in [1.82, 2.24) is 0 Å². The quantitative estimate of drug-likeness (QED) is 0.0345. The third-order valence-corrected chi connectivity index (χ3v) is 11.9.